The number of nitrogens with zero attached hydrogens (tertiary/aromatic N) is 1. The van der Waals surface area contributed by atoms with Gasteiger partial charge in [-0.1, -0.05) is 6.42 Å². The van der Waals surface area contributed by atoms with E-state index in [1.54, 1.807) is 12.4 Å². The molecule has 0 saturated carbocycles. The van der Waals surface area contributed by atoms with Crippen LogP contribution in [0.4, 0.5) is 0 Å². The van der Waals surface area contributed by atoms with Gasteiger partial charge in [-0.05, 0) is 52.1 Å². The van der Waals surface area contributed by atoms with Crippen molar-refractivity contribution in [2.45, 2.75) is 58.1 Å². The Morgan fingerprint density at radius 2 is 1.91 bits per heavy atom. The summed E-state index contributed by atoms with van der Waals surface area (Å²) in [7, 11) is 1.18. The predicted molar refractivity (Wildman–Crippen MR) is 84.8 cm³/mol. The van der Waals surface area contributed by atoms with Gasteiger partial charge in [-0.25, -0.2) is 4.79 Å². The van der Waals surface area contributed by atoms with Gasteiger partial charge in [0.05, 0.1) is 23.9 Å². The maximum Gasteiger partial charge on any atom is 0.457 e. The van der Waals surface area contributed by atoms with Gasteiger partial charge in [-0.3, -0.25) is 4.98 Å². The van der Waals surface area contributed by atoms with Crippen LogP contribution in [0, 0.1) is 0 Å². The van der Waals surface area contributed by atoms with Gasteiger partial charge in [0.2, 0.25) is 0 Å². The molecule has 22 heavy (non-hydrogen) atoms. The molecule has 1 aliphatic rings. The van der Waals surface area contributed by atoms with Crippen molar-refractivity contribution in [2.24, 2.45) is 0 Å². The molecule has 1 aromatic rings. The molecule has 6 heteroatoms. The Hall–Kier alpha value is -1.40. The fraction of sp³-hybridized carbons (Fsp3) is 0.625. The number of carbonyl (C=O) groups excluding carboxylic acids is 1. The maximum absolute atomic E-state index is 11.7. The molecule has 0 radical (unpaired) electrons. The smallest absolute Gasteiger partial charge is 0.457 e. The lowest BCUT2D eigenvalue weighted by Crippen LogP contribution is -2.41. The minimum absolute atomic E-state index is 0.201. The Morgan fingerprint density at radius 3 is 2.50 bits per heavy atom. The van der Waals surface area contributed by atoms with E-state index in [4.69, 9.17) is 14.0 Å². The number of hydrogen-bond acceptors (Lipinski definition) is 5. The van der Waals surface area contributed by atoms with E-state index in [9.17, 15) is 4.79 Å². The maximum atomic E-state index is 11.7. The number of methoxy groups -OCH3 is 1. The molecule has 0 N–H and O–H groups in total. The molecule has 5 nitrogen and oxygen atoms in total. The van der Waals surface area contributed by atoms with Gasteiger partial charge in [-0.15, -0.1) is 0 Å². The molecule has 1 saturated heterocycles. The summed E-state index contributed by atoms with van der Waals surface area (Å²) >= 11 is 0. The summed E-state index contributed by atoms with van der Waals surface area (Å²) < 4.78 is 16.7. The van der Waals surface area contributed by atoms with Crippen molar-refractivity contribution in [3.05, 3.63) is 29.6 Å². The van der Waals surface area contributed by atoms with E-state index >= 15 is 0 Å². The summed E-state index contributed by atoms with van der Waals surface area (Å²) in [5.41, 5.74) is 0.870. The lowest BCUT2D eigenvalue weighted by Gasteiger charge is -2.32. The summed E-state index contributed by atoms with van der Waals surface area (Å²) in [6.07, 6.45) is 5.66. The van der Waals surface area contributed by atoms with Crippen LogP contribution in [0.2, 0.25) is 6.32 Å². The normalized spacial score (nSPS) is 19.2. The van der Waals surface area contributed by atoms with E-state index < -0.39 is 0 Å². The van der Waals surface area contributed by atoms with E-state index in [-0.39, 0.29) is 24.3 Å². The van der Waals surface area contributed by atoms with Gasteiger partial charge in [-0.2, -0.15) is 0 Å². The number of rotatable bonds is 5. The van der Waals surface area contributed by atoms with E-state index in [0.717, 1.165) is 24.7 Å². The van der Waals surface area contributed by atoms with E-state index in [1.807, 2.05) is 33.8 Å². The molecule has 120 valence electrons. The monoisotopic (exact) mass is 305 g/mol. The fourth-order valence-electron chi connectivity index (χ4n) is 2.48. The number of aryl methyl sites for hydroxylation is 1. The Bertz CT molecular complexity index is 529. The van der Waals surface area contributed by atoms with Crippen molar-refractivity contribution in [3.8, 4) is 0 Å². The number of pyridine rings is 1. The molecular weight excluding hydrogens is 281 g/mol. The molecule has 0 aromatic carbocycles. The minimum atomic E-state index is -0.348. The number of esters is 1. The molecule has 1 fully saturated rings. The Balaban J connectivity index is 1.92. The Kier molecular flexibility index (Phi) is 4.92. The molecular formula is C16H24BNO4. The summed E-state index contributed by atoms with van der Waals surface area (Å²) in [4.78, 5) is 15.7. The highest BCUT2D eigenvalue weighted by Crippen LogP contribution is 2.38. The van der Waals surface area contributed by atoms with Crippen molar-refractivity contribution in [1.29, 1.82) is 0 Å². The molecule has 0 unspecified atom stereocenters. The van der Waals surface area contributed by atoms with Crippen LogP contribution < -0.4 is 0 Å². The molecule has 0 atom stereocenters. The van der Waals surface area contributed by atoms with Gasteiger partial charge in [0.1, 0.15) is 0 Å². The molecule has 2 rings (SSSR count). The van der Waals surface area contributed by atoms with Crippen molar-refractivity contribution >= 4 is 13.1 Å². The molecule has 1 aliphatic heterocycles. The number of aromatic nitrogens is 1. The minimum Gasteiger partial charge on any atom is -0.465 e. The standard InChI is InChI=1S/C16H24BNO4/c1-15(2)16(3,4)22-17(21-15)9-6-7-12-8-10-18-11-13(12)14(19)20-5/h8,10-11H,6-7,9H2,1-5H3. The average Bonchev–Trinajstić information content (AvgIpc) is 2.66. The summed E-state index contributed by atoms with van der Waals surface area (Å²) in [5.74, 6) is -0.348. The largest absolute Gasteiger partial charge is 0.465 e. The zero-order valence-corrected chi connectivity index (χ0v) is 14.0. The average molecular weight is 305 g/mol. The molecule has 0 amide bonds. The number of ether oxygens (including phenoxy) is 1. The van der Waals surface area contributed by atoms with Crippen LogP contribution in [0.5, 0.6) is 0 Å². The van der Waals surface area contributed by atoms with E-state index in [2.05, 4.69) is 4.98 Å². The van der Waals surface area contributed by atoms with Crippen LogP contribution in [0.25, 0.3) is 0 Å². The first-order chi connectivity index (χ1) is 10.3. The SMILES string of the molecule is COC(=O)c1cnccc1CCCB1OC(C)(C)C(C)(C)O1. The molecule has 1 aromatic heterocycles. The quantitative estimate of drug-likeness (QED) is 0.618. The van der Waals surface area contributed by atoms with E-state index in [0.29, 0.717) is 5.56 Å². The van der Waals surface area contributed by atoms with Crippen LogP contribution >= 0.6 is 0 Å². The Morgan fingerprint density at radius 1 is 1.27 bits per heavy atom. The van der Waals surface area contributed by atoms with Crippen LogP contribution in [0.1, 0.15) is 50.0 Å². The molecule has 0 aliphatic carbocycles. The third-order valence-corrected chi connectivity index (χ3v) is 4.50. The third-order valence-electron chi connectivity index (χ3n) is 4.50. The lowest BCUT2D eigenvalue weighted by molar-refractivity contribution is 0.00578. The first kappa shape index (κ1) is 17.0. The van der Waals surface area contributed by atoms with Gasteiger partial charge in [0.15, 0.2) is 0 Å². The van der Waals surface area contributed by atoms with Crippen LogP contribution in [0.3, 0.4) is 0 Å². The summed E-state index contributed by atoms with van der Waals surface area (Å²) in [5, 5.41) is 0. The lowest BCUT2D eigenvalue weighted by atomic mass is 9.81. The molecule has 0 bridgehead atoms. The zero-order valence-electron chi connectivity index (χ0n) is 14.0. The summed E-state index contributed by atoms with van der Waals surface area (Å²) in [6, 6.07) is 1.86. The highest BCUT2D eigenvalue weighted by atomic mass is 16.7. The van der Waals surface area contributed by atoms with Gasteiger partial charge in [0, 0.05) is 12.4 Å². The molecule has 2 heterocycles. The van der Waals surface area contributed by atoms with Crippen LogP contribution in [-0.4, -0.2) is 36.4 Å². The van der Waals surface area contributed by atoms with Crippen LogP contribution in [0.15, 0.2) is 18.5 Å². The number of hydrogen-bond donors (Lipinski definition) is 0. The highest BCUT2D eigenvalue weighted by Gasteiger charge is 2.50. The van der Waals surface area contributed by atoms with Crippen molar-refractivity contribution in [3.63, 3.8) is 0 Å². The second kappa shape index (κ2) is 6.38. The van der Waals surface area contributed by atoms with Crippen LogP contribution in [-0.2, 0) is 20.5 Å². The summed E-state index contributed by atoms with van der Waals surface area (Å²) in [6.45, 7) is 8.19. The number of carbonyl (C=O) groups is 1. The van der Waals surface area contributed by atoms with Crippen molar-refractivity contribution in [1.82, 2.24) is 4.98 Å². The van der Waals surface area contributed by atoms with Gasteiger partial charge < -0.3 is 14.0 Å². The molecule has 0 spiro atoms. The first-order valence-electron chi connectivity index (χ1n) is 7.64. The van der Waals surface area contributed by atoms with Crippen molar-refractivity contribution in [2.75, 3.05) is 7.11 Å². The highest BCUT2D eigenvalue weighted by molar-refractivity contribution is 6.45. The first-order valence-corrected chi connectivity index (χ1v) is 7.64. The second-order valence-corrected chi connectivity index (χ2v) is 6.60. The van der Waals surface area contributed by atoms with E-state index in [1.165, 1.54) is 7.11 Å². The topological polar surface area (TPSA) is 57.7 Å². The fourth-order valence-corrected chi connectivity index (χ4v) is 2.48. The van der Waals surface area contributed by atoms with Gasteiger partial charge in [0.25, 0.3) is 0 Å². The predicted octanol–water partition coefficient (Wildman–Crippen LogP) is 2.89. The van der Waals surface area contributed by atoms with Gasteiger partial charge >= 0.3 is 13.1 Å². The van der Waals surface area contributed by atoms with Crippen molar-refractivity contribution < 1.29 is 18.8 Å². The third kappa shape index (κ3) is 3.50. The second-order valence-electron chi connectivity index (χ2n) is 6.60. The Labute approximate surface area is 132 Å². The zero-order chi connectivity index (χ0) is 16.4.